The zero-order chi connectivity index (χ0) is 30.7. The second-order valence-corrected chi connectivity index (χ2v) is 12.4. The largest absolute Gasteiger partial charge is 0.456 e. The van der Waals surface area contributed by atoms with Gasteiger partial charge in [0.2, 0.25) is 0 Å². The minimum atomic E-state index is -0.599. The number of benzene rings is 5. The number of nitrogens with two attached hydrogens (primary N) is 1. The number of halogens is 3. The van der Waals surface area contributed by atoms with Crippen LogP contribution in [0.2, 0.25) is 15.1 Å². The van der Waals surface area contributed by atoms with Gasteiger partial charge in [0.15, 0.2) is 0 Å². The maximum Gasteiger partial charge on any atom is 0.250 e. The molecule has 0 atom stereocenters. The summed E-state index contributed by atoms with van der Waals surface area (Å²) in [4.78, 5) is 12.8. The van der Waals surface area contributed by atoms with Crippen LogP contribution in [0.15, 0.2) is 103 Å². The Hall–Kier alpha value is -3.96. The summed E-state index contributed by atoms with van der Waals surface area (Å²) in [7, 11) is 0. The Morgan fingerprint density at radius 1 is 0.767 bits per heavy atom. The highest BCUT2D eigenvalue weighted by Crippen LogP contribution is 2.42. The fourth-order valence-corrected chi connectivity index (χ4v) is 5.35. The van der Waals surface area contributed by atoms with Crippen LogP contribution >= 0.6 is 34.8 Å². The van der Waals surface area contributed by atoms with Crippen molar-refractivity contribution in [3.05, 3.63) is 135 Å². The van der Waals surface area contributed by atoms with Gasteiger partial charge in [-0.1, -0.05) is 134 Å². The molecule has 0 bridgehead atoms. The lowest BCUT2D eigenvalue weighted by atomic mass is 9.87. The molecule has 0 heterocycles. The van der Waals surface area contributed by atoms with Crippen molar-refractivity contribution in [2.75, 3.05) is 5.32 Å². The number of primary amides is 1. The van der Waals surface area contributed by atoms with E-state index in [2.05, 4.69) is 62.5 Å². The molecule has 0 spiro atoms. The van der Waals surface area contributed by atoms with E-state index in [9.17, 15) is 4.79 Å². The average molecular weight is 630 g/mol. The molecule has 0 radical (unpaired) electrons. The highest BCUT2D eigenvalue weighted by molar-refractivity contribution is 6.48. The number of hydrogen-bond donors (Lipinski definition) is 2. The van der Waals surface area contributed by atoms with Gasteiger partial charge in [-0.25, -0.2) is 0 Å². The van der Waals surface area contributed by atoms with Gasteiger partial charge in [0.05, 0.1) is 21.3 Å². The maximum atomic E-state index is 12.8. The summed E-state index contributed by atoms with van der Waals surface area (Å²) in [5, 5.41) is 4.15. The summed E-state index contributed by atoms with van der Waals surface area (Å²) >= 11 is 18.8. The van der Waals surface area contributed by atoms with Gasteiger partial charge in [-0.15, -0.1) is 0 Å². The molecule has 0 aliphatic carbocycles. The van der Waals surface area contributed by atoms with Crippen molar-refractivity contribution in [2.45, 2.75) is 32.7 Å². The van der Waals surface area contributed by atoms with E-state index in [0.717, 1.165) is 27.8 Å². The van der Waals surface area contributed by atoms with Crippen molar-refractivity contribution in [3.8, 4) is 33.8 Å². The summed E-state index contributed by atoms with van der Waals surface area (Å²) in [5.74, 6) is 0.0752. The van der Waals surface area contributed by atoms with Gasteiger partial charge >= 0.3 is 0 Å². The summed E-state index contributed by atoms with van der Waals surface area (Å²) < 4.78 is 6.14. The van der Waals surface area contributed by atoms with Crippen LogP contribution in [0.1, 0.15) is 42.3 Å². The lowest BCUT2D eigenvalue weighted by Crippen LogP contribution is -2.16. The van der Waals surface area contributed by atoms with Gasteiger partial charge < -0.3 is 15.8 Å². The minimum Gasteiger partial charge on any atom is -0.456 e. The van der Waals surface area contributed by atoms with E-state index in [1.807, 2.05) is 48.5 Å². The SMILES string of the molecule is CC(C)(C)c1ccc(CNc2c(C(N)=O)cc(Oc3ccc(Cl)c(Cl)c3Cl)cc2-c2ccc(-c3ccccc3)cc2)cc1. The Labute approximate surface area is 267 Å². The first kappa shape index (κ1) is 30.5. The van der Waals surface area contributed by atoms with Crippen LogP contribution in [0, 0.1) is 0 Å². The molecule has 0 aromatic heterocycles. The molecule has 5 rings (SSSR count). The second kappa shape index (κ2) is 12.7. The third-order valence-corrected chi connectivity index (χ3v) is 8.47. The Morgan fingerprint density at radius 2 is 1.40 bits per heavy atom. The number of hydrogen-bond acceptors (Lipinski definition) is 3. The Kier molecular flexibility index (Phi) is 9.03. The van der Waals surface area contributed by atoms with Crippen LogP contribution in [0.3, 0.4) is 0 Å². The van der Waals surface area contributed by atoms with E-state index >= 15 is 0 Å². The van der Waals surface area contributed by atoms with E-state index in [1.54, 1.807) is 18.2 Å². The fraction of sp³-hybridized carbons (Fsp3) is 0.139. The zero-order valence-electron chi connectivity index (χ0n) is 24.0. The number of carbonyl (C=O) groups is 1. The third-order valence-electron chi connectivity index (χ3n) is 7.20. The number of carbonyl (C=O) groups excluding carboxylic acids is 1. The lowest BCUT2D eigenvalue weighted by Gasteiger charge is -2.20. The van der Waals surface area contributed by atoms with E-state index in [4.69, 9.17) is 45.3 Å². The van der Waals surface area contributed by atoms with Crippen LogP contribution in [0.25, 0.3) is 22.3 Å². The van der Waals surface area contributed by atoms with Crippen molar-refractivity contribution in [1.82, 2.24) is 0 Å². The molecule has 0 saturated carbocycles. The summed E-state index contributed by atoms with van der Waals surface area (Å²) in [5.41, 5.74) is 13.0. The van der Waals surface area contributed by atoms with Gasteiger partial charge in [-0.3, -0.25) is 4.79 Å². The van der Waals surface area contributed by atoms with Gasteiger partial charge in [0.25, 0.3) is 5.91 Å². The molecule has 43 heavy (non-hydrogen) atoms. The van der Waals surface area contributed by atoms with E-state index in [0.29, 0.717) is 28.8 Å². The monoisotopic (exact) mass is 628 g/mol. The number of amides is 1. The van der Waals surface area contributed by atoms with E-state index < -0.39 is 5.91 Å². The smallest absolute Gasteiger partial charge is 0.250 e. The molecule has 0 aliphatic rings. The molecule has 0 unspecified atom stereocenters. The summed E-state index contributed by atoms with van der Waals surface area (Å²) in [6.45, 7) is 7.04. The second-order valence-electron chi connectivity index (χ2n) is 11.3. The first-order valence-corrected chi connectivity index (χ1v) is 14.9. The Bertz CT molecular complexity index is 1760. The average Bonchev–Trinajstić information content (AvgIpc) is 3.00. The molecular formula is C36H31Cl3N2O2. The number of nitrogens with one attached hydrogen (secondary N) is 1. The molecule has 0 saturated heterocycles. The molecule has 0 aliphatic heterocycles. The van der Waals surface area contributed by atoms with Crippen LogP contribution in [0.5, 0.6) is 11.5 Å². The molecule has 4 nitrogen and oxygen atoms in total. The van der Waals surface area contributed by atoms with Gasteiger partial charge in [0.1, 0.15) is 16.5 Å². The van der Waals surface area contributed by atoms with Gasteiger partial charge in [0, 0.05) is 12.1 Å². The summed E-state index contributed by atoms with van der Waals surface area (Å²) in [6.07, 6.45) is 0. The Morgan fingerprint density at radius 3 is 2.02 bits per heavy atom. The fourth-order valence-electron chi connectivity index (χ4n) is 4.79. The van der Waals surface area contributed by atoms with Crippen molar-refractivity contribution >= 4 is 46.4 Å². The third kappa shape index (κ3) is 7.00. The van der Waals surface area contributed by atoms with Crippen LogP contribution < -0.4 is 15.8 Å². The van der Waals surface area contributed by atoms with Crippen molar-refractivity contribution in [3.63, 3.8) is 0 Å². The molecule has 218 valence electrons. The highest BCUT2D eigenvalue weighted by atomic mass is 35.5. The van der Waals surface area contributed by atoms with Crippen molar-refractivity contribution in [1.29, 1.82) is 0 Å². The van der Waals surface area contributed by atoms with Crippen LogP contribution in [-0.2, 0) is 12.0 Å². The first-order chi connectivity index (χ1) is 20.5. The molecule has 5 aromatic carbocycles. The van der Waals surface area contributed by atoms with E-state index in [-0.39, 0.29) is 21.0 Å². The molecule has 7 heteroatoms. The first-order valence-electron chi connectivity index (χ1n) is 13.8. The predicted molar refractivity (Wildman–Crippen MR) is 180 cm³/mol. The molecule has 3 N–H and O–H groups in total. The topological polar surface area (TPSA) is 64.3 Å². The summed E-state index contributed by atoms with van der Waals surface area (Å²) in [6, 6.07) is 33.4. The standard InChI is InChI=1S/C36H31Cl3N2O2/c1-36(2,3)26-15-9-22(10-16-26)21-41-34-28(25-13-11-24(12-14-25)23-7-5-4-6-8-23)19-27(20-29(34)35(40)42)43-31-18-17-30(37)32(38)33(31)39/h4-20,41H,21H2,1-3H3,(H2,40,42). The van der Waals surface area contributed by atoms with Crippen molar-refractivity contribution < 1.29 is 9.53 Å². The quantitative estimate of drug-likeness (QED) is 0.168. The molecular weight excluding hydrogens is 599 g/mol. The predicted octanol–water partition coefficient (Wildman–Crippen LogP) is 10.8. The lowest BCUT2D eigenvalue weighted by molar-refractivity contribution is 0.100. The molecule has 1 amide bonds. The van der Waals surface area contributed by atoms with Crippen LogP contribution in [0.4, 0.5) is 5.69 Å². The number of rotatable bonds is 8. The Balaban J connectivity index is 1.57. The molecule has 5 aromatic rings. The van der Waals surface area contributed by atoms with E-state index in [1.165, 1.54) is 5.56 Å². The molecule has 0 fully saturated rings. The number of ether oxygens (including phenoxy) is 1. The van der Waals surface area contributed by atoms with Crippen molar-refractivity contribution in [2.24, 2.45) is 5.73 Å². The van der Waals surface area contributed by atoms with Crippen LogP contribution in [-0.4, -0.2) is 5.91 Å². The number of anilines is 1. The maximum absolute atomic E-state index is 12.8. The highest BCUT2D eigenvalue weighted by Gasteiger charge is 2.20. The normalized spacial score (nSPS) is 11.3. The minimum absolute atomic E-state index is 0.0528. The van der Waals surface area contributed by atoms with Gasteiger partial charge in [-0.2, -0.15) is 0 Å². The van der Waals surface area contributed by atoms with Gasteiger partial charge in [-0.05, 0) is 57.5 Å². The zero-order valence-corrected chi connectivity index (χ0v) is 26.3.